The summed E-state index contributed by atoms with van der Waals surface area (Å²) in [5, 5.41) is 0. The number of anilines is 2. The van der Waals surface area contributed by atoms with Crippen molar-refractivity contribution < 1.29 is 4.74 Å². The maximum Gasteiger partial charge on any atom is 0.323 e. The minimum Gasteiger partial charge on any atom is -0.464 e. The summed E-state index contributed by atoms with van der Waals surface area (Å²) in [4.78, 5) is 14.8. The third kappa shape index (κ3) is 3.95. The van der Waals surface area contributed by atoms with Crippen molar-refractivity contribution in [2.45, 2.75) is 46.0 Å². The van der Waals surface area contributed by atoms with Crippen LogP contribution in [-0.4, -0.2) is 34.6 Å². The van der Waals surface area contributed by atoms with Crippen LogP contribution < -0.4 is 15.4 Å². The standard InChI is InChI=1S/C14H25N5O/c1-3-6-11-7-5-9-19(10-8-11)13-16-12(15)17-14(18-13)20-4-2/h11H,3-10H2,1-2H3,(H2,15,16,17,18). The van der Waals surface area contributed by atoms with Gasteiger partial charge in [-0.2, -0.15) is 15.0 Å². The summed E-state index contributed by atoms with van der Waals surface area (Å²) in [6.07, 6.45) is 6.25. The first kappa shape index (κ1) is 14.8. The largest absolute Gasteiger partial charge is 0.464 e. The van der Waals surface area contributed by atoms with E-state index in [-0.39, 0.29) is 5.95 Å². The van der Waals surface area contributed by atoms with Crippen LogP contribution >= 0.6 is 0 Å². The molecule has 0 amide bonds. The molecule has 1 atom stereocenters. The number of rotatable bonds is 5. The lowest BCUT2D eigenvalue weighted by Gasteiger charge is -2.20. The Morgan fingerprint density at radius 2 is 2.05 bits per heavy atom. The monoisotopic (exact) mass is 279 g/mol. The van der Waals surface area contributed by atoms with Gasteiger partial charge in [0.15, 0.2) is 0 Å². The minimum atomic E-state index is 0.229. The highest BCUT2D eigenvalue weighted by Crippen LogP contribution is 2.24. The lowest BCUT2D eigenvalue weighted by molar-refractivity contribution is 0.312. The number of ether oxygens (including phenoxy) is 1. The second-order valence-electron chi connectivity index (χ2n) is 5.28. The van der Waals surface area contributed by atoms with E-state index < -0.39 is 0 Å². The van der Waals surface area contributed by atoms with E-state index in [0.717, 1.165) is 19.0 Å². The van der Waals surface area contributed by atoms with Crippen molar-refractivity contribution >= 4 is 11.9 Å². The molecule has 6 heteroatoms. The predicted octanol–water partition coefficient (Wildman–Crippen LogP) is 2.26. The van der Waals surface area contributed by atoms with Gasteiger partial charge in [0.25, 0.3) is 0 Å². The van der Waals surface area contributed by atoms with Gasteiger partial charge in [-0.15, -0.1) is 0 Å². The van der Waals surface area contributed by atoms with Crippen LogP contribution in [-0.2, 0) is 0 Å². The first-order chi connectivity index (χ1) is 9.72. The molecule has 6 nitrogen and oxygen atoms in total. The fourth-order valence-electron chi connectivity index (χ4n) is 2.76. The average Bonchev–Trinajstić information content (AvgIpc) is 2.65. The Morgan fingerprint density at radius 3 is 2.80 bits per heavy atom. The molecule has 1 aliphatic heterocycles. The molecular formula is C14H25N5O. The van der Waals surface area contributed by atoms with Crippen LogP contribution in [0, 0.1) is 5.92 Å². The second kappa shape index (κ2) is 7.26. The van der Waals surface area contributed by atoms with E-state index in [2.05, 4.69) is 26.8 Å². The molecule has 112 valence electrons. The number of hydrogen-bond donors (Lipinski definition) is 1. The molecule has 2 rings (SSSR count). The number of nitrogens with two attached hydrogens (primary N) is 1. The SMILES string of the molecule is CCCC1CCCN(c2nc(N)nc(OCC)n2)CC1. The number of nitrogens with zero attached hydrogens (tertiary/aromatic N) is 4. The Balaban J connectivity index is 2.07. The van der Waals surface area contributed by atoms with Gasteiger partial charge >= 0.3 is 6.01 Å². The van der Waals surface area contributed by atoms with E-state index in [4.69, 9.17) is 10.5 Å². The summed E-state index contributed by atoms with van der Waals surface area (Å²) in [7, 11) is 0. The smallest absolute Gasteiger partial charge is 0.323 e. The van der Waals surface area contributed by atoms with Gasteiger partial charge in [-0.05, 0) is 32.1 Å². The highest BCUT2D eigenvalue weighted by Gasteiger charge is 2.19. The maximum atomic E-state index is 5.74. The summed E-state index contributed by atoms with van der Waals surface area (Å²) in [6.45, 7) is 6.65. The number of aromatic nitrogens is 3. The van der Waals surface area contributed by atoms with Gasteiger partial charge < -0.3 is 15.4 Å². The van der Waals surface area contributed by atoms with E-state index in [1.54, 1.807) is 0 Å². The molecular weight excluding hydrogens is 254 g/mol. The van der Waals surface area contributed by atoms with E-state index in [9.17, 15) is 0 Å². The molecule has 1 fully saturated rings. The average molecular weight is 279 g/mol. The highest BCUT2D eigenvalue weighted by atomic mass is 16.5. The number of hydrogen-bond acceptors (Lipinski definition) is 6. The van der Waals surface area contributed by atoms with Crippen LogP contribution in [0.25, 0.3) is 0 Å². The van der Waals surface area contributed by atoms with Crippen molar-refractivity contribution in [3.8, 4) is 6.01 Å². The van der Waals surface area contributed by atoms with Crippen molar-refractivity contribution in [2.75, 3.05) is 30.3 Å². The molecule has 0 bridgehead atoms. The summed E-state index contributed by atoms with van der Waals surface area (Å²) < 4.78 is 5.34. The Hall–Kier alpha value is -1.59. The Bertz CT molecular complexity index is 426. The molecule has 0 aliphatic carbocycles. The molecule has 0 saturated carbocycles. The Labute approximate surface area is 120 Å². The van der Waals surface area contributed by atoms with E-state index in [0.29, 0.717) is 18.6 Å². The van der Waals surface area contributed by atoms with Gasteiger partial charge in [-0.3, -0.25) is 0 Å². The predicted molar refractivity (Wildman–Crippen MR) is 79.9 cm³/mol. The van der Waals surface area contributed by atoms with Crippen LogP contribution in [0.3, 0.4) is 0 Å². The topological polar surface area (TPSA) is 77.2 Å². The minimum absolute atomic E-state index is 0.229. The third-order valence-electron chi connectivity index (χ3n) is 3.72. The number of nitrogen functional groups attached to an aromatic ring is 1. The van der Waals surface area contributed by atoms with Gasteiger partial charge in [0.2, 0.25) is 11.9 Å². The van der Waals surface area contributed by atoms with Gasteiger partial charge in [0, 0.05) is 13.1 Å². The fraction of sp³-hybridized carbons (Fsp3) is 0.786. The zero-order valence-corrected chi connectivity index (χ0v) is 12.5. The van der Waals surface area contributed by atoms with Crippen LogP contribution in [0.5, 0.6) is 6.01 Å². The fourth-order valence-corrected chi connectivity index (χ4v) is 2.76. The summed E-state index contributed by atoms with van der Waals surface area (Å²) in [6, 6.07) is 0.323. The molecule has 0 aromatic carbocycles. The Kier molecular flexibility index (Phi) is 5.38. The summed E-state index contributed by atoms with van der Waals surface area (Å²) in [5.41, 5.74) is 5.74. The lowest BCUT2D eigenvalue weighted by Crippen LogP contribution is -2.27. The van der Waals surface area contributed by atoms with Gasteiger partial charge in [-0.1, -0.05) is 19.8 Å². The highest BCUT2D eigenvalue weighted by molar-refractivity contribution is 5.36. The van der Waals surface area contributed by atoms with E-state index >= 15 is 0 Å². The van der Waals surface area contributed by atoms with Crippen molar-refractivity contribution in [1.82, 2.24) is 15.0 Å². The van der Waals surface area contributed by atoms with E-state index in [1.165, 1.54) is 32.1 Å². The zero-order valence-electron chi connectivity index (χ0n) is 12.5. The summed E-state index contributed by atoms with van der Waals surface area (Å²) in [5.74, 6) is 1.71. The van der Waals surface area contributed by atoms with Gasteiger partial charge in [-0.25, -0.2) is 0 Å². The molecule has 1 unspecified atom stereocenters. The molecule has 1 saturated heterocycles. The van der Waals surface area contributed by atoms with Crippen molar-refractivity contribution in [3.63, 3.8) is 0 Å². The molecule has 1 aromatic rings. The van der Waals surface area contributed by atoms with Crippen LogP contribution in [0.15, 0.2) is 0 Å². The van der Waals surface area contributed by atoms with Crippen molar-refractivity contribution in [1.29, 1.82) is 0 Å². The maximum absolute atomic E-state index is 5.74. The second-order valence-corrected chi connectivity index (χ2v) is 5.28. The van der Waals surface area contributed by atoms with Gasteiger partial charge in [0.05, 0.1) is 6.61 Å². The molecule has 2 heterocycles. The molecule has 20 heavy (non-hydrogen) atoms. The normalized spacial score (nSPS) is 19.7. The summed E-state index contributed by atoms with van der Waals surface area (Å²) >= 11 is 0. The first-order valence-electron chi connectivity index (χ1n) is 7.62. The zero-order chi connectivity index (χ0) is 14.4. The van der Waals surface area contributed by atoms with Crippen molar-refractivity contribution in [2.24, 2.45) is 5.92 Å². The molecule has 0 spiro atoms. The van der Waals surface area contributed by atoms with Crippen LogP contribution in [0.4, 0.5) is 11.9 Å². The van der Waals surface area contributed by atoms with Crippen LogP contribution in [0.2, 0.25) is 0 Å². The van der Waals surface area contributed by atoms with Crippen LogP contribution in [0.1, 0.15) is 46.0 Å². The van der Waals surface area contributed by atoms with E-state index in [1.807, 2.05) is 6.92 Å². The van der Waals surface area contributed by atoms with Crippen molar-refractivity contribution in [3.05, 3.63) is 0 Å². The molecule has 0 radical (unpaired) electrons. The first-order valence-corrected chi connectivity index (χ1v) is 7.62. The van der Waals surface area contributed by atoms with Gasteiger partial charge in [0.1, 0.15) is 0 Å². The Morgan fingerprint density at radius 1 is 1.20 bits per heavy atom. The molecule has 1 aromatic heterocycles. The quantitative estimate of drug-likeness (QED) is 0.891. The lowest BCUT2D eigenvalue weighted by atomic mass is 9.96. The molecule has 2 N–H and O–H groups in total. The third-order valence-corrected chi connectivity index (χ3v) is 3.72. The molecule has 1 aliphatic rings.